The van der Waals surface area contributed by atoms with Crippen LogP contribution in [0.3, 0.4) is 0 Å². The van der Waals surface area contributed by atoms with Crippen LogP contribution in [-0.4, -0.2) is 43.1 Å². The smallest absolute Gasteiger partial charge is 0.263 e. The minimum Gasteiger partial charge on any atom is -0.371 e. The quantitative estimate of drug-likeness (QED) is 0.856. The Labute approximate surface area is 141 Å². The Balaban J connectivity index is 1.38. The number of amides is 2. The molecular formula is C18H23N3O3. The first kappa shape index (κ1) is 15.4. The Bertz CT molecular complexity index is 613. The van der Waals surface area contributed by atoms with E-state index in [1.807, 2.05) is 24.3 Å². The Kier molecular flexibility index (Phi) is 3.92. The third kappa shape index (κ3) is 2.86. The number of nitrogens with one attached hydrogen (secondary N) is 1. The van der Waals surface area contributed by atoms with Gasteiger partial charge in [0.05, 0.1) is 0 Å². The summed E-state index contributed by atoms with van der Waals surface area (Å²) in [5.74, 6) is 0.00977. The van der Waals surface area contributed by atoms with Gasteiger partial charge in [-0.05, 0) is 48.9 Å². The van der Waals surface area contributed by atoms with Crippen LogP contribution in [-0.2, 0) is 9.59 Å². The van der Waals surface area contributed by atoms with Crippen LogP contribution in [0, 0.1) is 5.41 Å². The second-order valence-corrected chi connectivity index (χ2v) is 7.11. The molecule has 0 aromatic heterocycles. The van der Waals surface area contributed by atoms with Crippen molar-refractivity contribution in [3.8, 4) is 5.75 Å². The summed E-state index contributed by atoms with van der Waals surface area (Å²) >= 11 is 0. The predicted octanol–water partition coefficient (Wildman–Crippen LogP) is 1.71. The fourth-order valence-corrected chi connectivity index (χ4v) is 3.73. The number of imide groups is 1. The maximum atomic E-state index is 11.8. The van der Waals surface area contributed by atoms with Gasteiger partial charge >= 0.3 is 0 Å². The lowest BCUT2D eigenvalue weighted by Crippen LogP contribution is -2.58. The highest BCUT2D eigenvalue weighted by atomic mass is 16.7. The van der Waals surface area contributed by atoms with Crippen molar-refractivity contribution < 1.29 is 14.4 Å². The second kappa shape index (κ2) is 6.09. The van der Waals surface area contributed by atoms with Crippen LogP contribution in [0.25, 0.3) is 0 Å². The number of anilines is 1. The zero-order valence-corrected chi connectivity index (χ0v) is 13.8. The molecule has 128 valence electrons. The molecule has 1 spiro atoms. The average Bonchev–Trinajstić information content (AvgIpc) is 2.58. The Hall–Kier alpha value is -2.08. The number of rotatable bonds is 3. The highest BCUT2D eigenvalue weighted by Crippen LogP contribution is 2.36. The first-order chi connectivity index (χ1) is 11.7. The third-order valence-corrected chi connectivity index (χ3v) is 5.46. The van der Waals surface area contributed by atoms with E-state index in [1.54, 1.807) is 0 Å². The van der Waals surface area contributed by atoms with Crippen molar-refractivity contribution in [3.05, 3.63) is 24.3 Å². The molecule has 3 aliphatic heterocycles. The molecule has 4 rings (SSSR count). The zero-order chi connectivity index (χ0) is 16.6. The van der Waals surface area contributed by atoms with Gasteiger partial charge in [-0.2, -0.15) is 0 Å². The number of nitrogens with zero attached hydrogens (tertiary/aromatic N) is 2. The van der Waals surface area contributed by atoms with Crippen LogP contribution in [0.2, 0.25) is 0 Å². The van der Waals surface area contributed by atoms with Crippen molar-refractivity contribution in [2.45, 2.75) is 32.1 Å². The highest BCUT2D eigenvalue weighted by Gasteiger charge is 2.39. The molecule has 0 saturated carbocycles. The van der Waals surface area contributed by atoms with E-state index in [4.69, 9.17) is 4.84 Å². The molecule has 3 heterocycles. The van der Waals surface area contributed by atoms with E-state index in [1.165, 1.54) is 18.5 Å². The average molecular weight is 329 g/mol. The van der Waals surface area contributed by atoms with Crippen LogP contribution >= 0.6 is 0 Å². The van der Waals surface area contributed by atoms with Gasteiger partial charge in [-0.25, -0.2) is 0 Å². The number of carbonyl (C=O) groups excluding carboxylic acids is 2. The molecular weight excluding hydrogens is 306 g/mol. The van der Waals surface area contributed by atoms with Crippen LogP contribution in [0.1, 0.15) is 32.1 Å². The number of carbonyl (C=O) groups is 2. The lowest BCUT2D eigenvalue weighted by Gasteiger charge is -2.49. The van der Waals surface area contributed by atoms with Crippen molar-refractivity contribution >= 4 is 17.5 Å². The summed E-state index contributed by atoms with van der Waals surface area (Å²) in [7, 11) is 0. The molecule has 6 heteroatoms. The van der Waals surface area contributed by atoms with Gasteiger partial charge in [0, 0.05) is 44.7 Å². The molecule has 0 atom stereocenters. The molecule has 2 amide bonds. The summed E-state index contributed by atoms with van der Waals surface area (Å²) < 4.78 is 0. The maximum Gasteiger partial charge on any atom is 0.263 e. The number of hydroxylamine groups is 2. The molecule has 3 fully saturated rings. The van der Waals surface area contributed by atoms with Gasteiger partial charge in [-0.3, -0.25) is 9.59 Å². The van der Waals surface area contributed by atoms with E-state index in [9.17, 15) is 9.59 Å². The Morgan fingerprint density at radius 3 is 2.12 bits per heavy atom. The maximum absolute atomic E-state index is 11.8. The SMILES string of the molecule is O=C1CCCC(=O)N1Oc1ccc(N2CCC3(CC2)CNC3)cc1. The van der Waals surface area contributed by atoms with Gasteiger partial charge in [-0.15, -0.1) is 5.06 Å². The molecule has 0 aliphatic carbocycles. The predicted molar refractivity (Wildman–Crippen MR) is 89.5 cm³/mol. The first-order valence-electron chi connectivity index (χ1n) is 8.75. The molecule has 3 aliphatic rings. The number of benzene rings is 1. The summed E-state index contributed by atoms with van der Waals surface area (Å²) in [6.07, 6.45) is 3.81. The molecule has 1 aromatic carbocycles. The van der Waals surface area contributed by atoms with E-state index in [-0.39, 0.29) is 11.8 Å². The summed E-state index contributed by atoms with van der Waals surface area (Å²) in [5.41, 5.74) is 1.70. The van der Waals surface area contributed by atoms with E-state index in [0.717, 1.165) is 31.2 Å². The van der Waals surface area contributed by atoms with Gasteiger partial charge in [-0.1, -0.05) is 0 Å². The molecule has 0 radical (unpaired) electrons. The van der Waals surface area contributed by atoms with Gasteiger partial charge in [0.15, 0.2) is 5.75 Å². The summed E-state index contributed by atoms with van der Waals surface area (Å²) in [5, 5.41) is 4.29. The standard InChI is InChI=1S/C18H23N3O3/c22-16-2-1-3-17(23)21(16)24-15-6-4-14(5-7-15)20-10-8-18(9-11-20)12-19-13-18/h4-7,19H,1-3,8-13H2. The third-order valence-electron chi connectivity index (χ3n) is 5.46. The second-order valence-electron chi connectivity index (χ2n) is 7.11. The number of hydrogen-bond acceptors (Lipinski definition) is 5. The minimum atomic E-state index is -0.259. The summed E-state index contributed by atoms with van der Waals surface area (Å²) in [4.78, 5) is 31.5. The Morgan fingerprint density at radius 1 is 0.958 bits per heavy atom. The highest BCUT2D eigenvalue weighted by molar-refractivity contribution is 5.96. The van der Waals surface area contributed by atoms with E-state index < -0.39 is 0 Å². The van der Waals surface area contributed by atoms with Crippen molar-refractivity contribution in [2.24, 2.45) is 5.41 Å². The normalized spacial score (nSPS) is 23.3. The largest absolute Gasteiger partial charge is 0.371 e. The van der Waals surface area contributed by atoms with Gasteiger partial charge in [0.2, 0.25) is 0 Å². The first-order valence-corrected chi connectivity index (χ1v) is 8.75. The fourth-order valence-electron chi connectivity index (χ4n) is 3.73. The molecule has 1 aromatic rings. The fraction of sp³-hybridized carbons (Fsp3) is 0.556. The van der Waals surface area contributed by atoms with E-state index in [2.05, 4.69) is 10.2 Å². The molecule has 6 nitrogen and oxygen atoms in total. The minimum absolute atomic E-state index is 0.259. The topological polar surface area (TPSA) is 61.9 Å². The lowest BCUT2D eigenvalue weighted by atomic mass is 9.73. The summed E-state index contributed by atoms with van der Waals surface area (Å²) in [6, 6.07) is 7.68. The number of hydrogen-bond donors (Lipinski definition) is 1. The van der Waals surface area contributed by atoms with Gasteiger partial charge < -0.3 is 15.1 Å². The summed E-state index contributed by atoms with van der Waals surface area (Å²) in [6.45, 7) is 4.47. The van der Waals surface area contributed by atoms with E-state index >= 15 is 0 Å². The van der Waals surface area contributed by atoms with Crippen LogP contribution in [0.5, 0.6) is 5.75 Å². The van der Waals surface area contributed by atoms with Crippen LogP contribution in [0.15, 0.2) is 24.3 Å². The van der Waals surface area contributed by atoms with E-state index in [0.29, 0.717) is 30.4 Å². The van der Waals surface area contributed by atoms with Crippen molar-refractivity contribution in [2.75, 3.05) is 31.1 Å². The van der Waals surface area contributed by atoms with Crippen molar-refractivity contribution in [3.63, 3.8) is 0 Å². The molecule has 3 saturated heterocycles. The molecule has 0 unspecified atom stereocenters. The number of piperidine rings is 2. The molecule has 24 heavy (non-hydrogen) atoms. The molecule has 1 N–H and O–H groups in total. The molecule has 0 bridgehead atoms. The van der Waals surface area contributed by atoms with Crippen LogP contribution < -0.4 is 15.1 Å². The zero-order valence-electron chi connectivity index (χ0n) is 13.8. The Morgan fingerprint density at radius 2 is 1.58 bits per heavy atom. The monoisotopic (exact) mass is 329 g/mol. The lowest BCUT2D eigenvalue weighted by molar-refractivity contribution is -0.175. The van der Waals surface area contributed by atoms with Crippen molar-refractivity contribution in [1.82, 2.24) is 10.4 Å². The van der Waals surface area contributed by atoms with Crippen molar-refractivity contribution in [1.29, 1.82) is 0 Å². The van der Waals surface area contributed by atoms with Crippen LogP contribution in [0.4, 0.5) is 5.69 Å². The van der Waals surface area contributed by atoms with Gasteiger partial charge in [0.25, 0.3) is 11.8 Å². The van der Waals surface area contributed by atoms with Gasteiger partial charge in [0.1, 0.15) is 0 Å².